The molecule has 1 heterocycles. The molecule has 0 amide bonds. The summed E-state index contributed by atoms with van der Waals surface area (Å²) < 4.78 is 11.2. The average Bonchev–Trinajstić information content (AvgIpc) is 2.32. The predicted molar refractivity (Wildman–Crippen MR) is 80.4 cm³/mol. The number of carbonyl (C=O) groups is 1. The van der Waals surface area contributed by atoms with E-state index in [9.17, 15) is 4.79 Å². The molecule has 118 valence electrons. The minimum atomic E-state index is -0.0704. The SMILES string of the molecule is CC1CC(OC(=O)CCC(CCN)C(C)C)CC(C)O1. The van der Waals surface area contributed by atoms with E-state index >= 15 is 0 Å². The topological polar surface area (TPSA) is 61.5 Å². The van der Waals surface area contributed by atoms with Crippen LogP contribution in [0, 0.1) is 11.8 Å². The van der Waals surface area contributed by atoms with Crippen molar-refractivity contribution >= 4 is 5.97 Å². The van der Waals surface area contributed by atoms with Gasteiger partial charge in [-0.3, -0.25) is 4.79 Å². The van der Waals surface area contributed by atoms with E-state index < -0.39 is 0 Å². The smallest absolute Gasteiger partial charge is 0.306 e. The number of carbonyl (C=O) groups excluding carboxylic acids is 1. The number of nitrogens with two attached hydrogens (primary N) is 1. The van der Waals surface area contributed by atoms with Crippen LogP contribution in [0.25, 0.3) is 0 Å². The van der Waals surface area contributed by atoms with Gasteiger partial charge in [-0.25, -0.2) is 0 Å². The summed E-state index contributed by atoms with van der Waals surface area (Å²) in [6.07, 6.45) is 4.36. The van der Waals surface area contributed by atoms with E-state index in [4.69, 9.17) is 15.2 Å². The Hall–Kier alpha value is -0.610. The molecule has 0 spiro atoms. The summed E-state index contributed by atoms with van der Waals surface area (Å²) >= 11 is 0. The molecule has 3 unspecified atom stereocenters. The molecule has 0 radical (unpaired) electrons. The molecule has 0 aromatic heterocycles. The standard InChI is InChI=1S/C16H31NO3/c1-11(2)14(7-8-17)5-6-16(18)20-15-9-12(3)19-13(4)10-15/h11-15H,5-10,17H2,1-4H3. The largest absolute Gasteiger partial charge is 0.462 e. The molecule has 0 aliphatic carbocycles. The fourth-order valence-electron chi connectivity index (χ4n) is 3.01. The maximum Gasteiger partial charge on any atom is 0.306 e. The molecule has 0 aromatic carbocycles. The molecule has 2 N–H and O–H groups in total. The average molecular weight is 285 g/mol. The summed E-state index contributed by atoms with van der Waals surface area (Å²) in [5.74, 6) is 1.01. The number of rotatable bonds is 7. The first-order chi connectivity index (χ1) is 9.42. The van der Waals surface area contributed by atoms with Crippen molar-refractivity contribution in [3.63, 3.8) is 0 Å². The fraction of sp³-hybridized carbons (Fsp3) is 0.938. The second kappa shape index (κ2) is 8.63. The Morgan fingerprint density at radius 3 is 2.35 bits per heavy atom. The van der Waals surface area contributed by atoms with Gasteiger partial charge in [0, 0.05) is 19.3 Å². The lowest BCUT2D eigenvalue weighted by atomic mass is 9.88. The fourth-order valence-corrected chi connectivity index (χ4v) is 3.01. The zero-order valence-corrected chi connectivity index (χ0v) is 13.4. The highest BCUT2D eigenvalue weighted by Gasteiger charge is 2.27. The molecule has 1 rings (SSSR count). The van der Waals surface area contributed by atoms with E-state index in [-0.39, 0.29) is 24.3 Å². The number of hydrogen-bond donors (Lipinski definition) is 1. The maximum atomic E-state index is 12.0. The Balaban J connectivity index is 2.32. The van der Waals surface area contributed by atoms with E-state index in [1.807, 2.05) is 13.8 Å². The lowest BCUT2D eigenvalue weighted by molar-refractivity contribution is -0.160. The zero-order chi connectivity index (χ0) is 15.1. The van der Waals surface area contributed by atoms with Gasteiger partial charge in [-0.2, -0.15) is 0 Å². The summed E-state index contributed by atoms with van der Waals surface area (Å²) in [6, 6.07) is 0. The van der Waals surface area contributed by atoms with E-state index in [2.05, 4.69) is 13.8 Å². The van der Waals surface area contributed by atoms with Gasteiger partial charge in [0.1, 0.15) is 6.10 Å². The zero-order valence-electron chi connectivity index (χ0n) is 13.4. The highest BCUT2D eigenvalue weighted by Crippen LogP contribution is 2.24. The van der Waals surface area contributed by atoms with Crippen LogP contribution >= 0.6 is 0 Å². The Morgan fingerprint density at radius 2 is 1.85 bits per heavy atom. The van der Waals surface area contributed by atoms with Crippen LogP contribution in [0.1, 0.15) is 59.8 Å². The van der Waals surface area contributed by atoms with Gasteiger partial charge in [0.2, 0.25) is 0 Å². The quantitative estimate of drug-likeness (QED) is 0.731. The first-order valence-corrected chi connectivity index (χ1v) is 7.97. The lowest BCUT2D eigenvalue weighted by Crippen LogP contribution is -2.35. The molecule has 1 aliphatic heterocycles. The van der Waals surface area contributed by atoms with Gasteiger partial charge in [0.15, 0.2) is 0 Å². The van der Waals surface area contributed by atoms with Gasteiger partial charge in [-0.15, -0.1) is 0 Å². The lowest BCUT2D eigenvalue weighted by Gasteiger charge is -2.31. The molecule has 0 aromatic rings. The van der Waals surface area contributed by atoms with Crippen molar-refractivity contribution in [1.82, 2.24) is 0 Å². The predicted octanol–water partition coefficient (Wildman–Crippen LogP) is 2.89. The number of hydrogen-bond acceptors (Lipinski definition) is 4. The van der Waals surface area contributed by atoms with Gasteiger partial charge in [0.05, 0.1) is 12.2 Å². The van der Waals surface area contributed by atoms with Gasteiger partial charge in [-0.05, 0) is 45.1 Å². The normalized spacial score (nSPS) is 28.4. The molecule has 0 bridgehead atoms. The van der Waals surface area contributed by atoms with E-state index in [1.54, 1.807) is 0 Å². The second-order valence-corrected chi connectivity index (χ2v) is 6.46. The molecule has 3 atom stereocenters. The number of ether oxygens (including phenoxy) is 2. The third-order valence-electron chi connectivity index (χ3n) is 4.15. The van der Waals surface area contributed by atoms with Crippen molar-refractivity contribution in [3.05, 3.63) is 0 Å². The molecule has 1 saturated heterocycles. The minimum absolute atomic E-state index is 0.0215. The summed E-state index contributed by atoms with van der Waals surface area (Å²) in [5, 5.41) is 0. The Morgan fingerprint density at radius 1 is 1.25 bits per heavy atom. The molecule has 0 saturated carbocycles. The Bertz CT molecular complexity index is 283. The van der Waals surface area contributed by atoms with Crippen LogP contribution in [-0.2, 0) is 14.3 Å². The van der Waals surface area contributed by atoms with Gasteiger partial charge < -0.3 is 15.2 Å². The van der Waals surface area contributed by atoms with Crippen LogP contribution in [0.2, 0.25) is 0 Å². The summed E-state index contributed by atoms with van der Waals surface area (Å²) in [6.45, 7) is 9.13. The van der Waals surface area contributed by atoms with E-state index in [1.165, 1.54) is 0 Å². The second-order valence-electron chi connectivity index (χ2n) is 6.46. The number of esters is 1. The van der Waals surface area contributed by atoms with Crippen molar-refractivity contribution in [2.24, 2.45) is 17.6 Å². The first kappa shape index (κ1) is 17.4. The summed E-state index contributed by atoms with van der Waals surface area (Å²) in [4.78, 5) is 12.0. The third kappa shape index (κ3) is 6.23. The van der Waals surface area contributed by atoms with Crippen LogP contribution in [0.15, 0.2) is 0 Å². The highest BCUT2D eigenvalue weighted by atomic mass is 16.6. The van der Waals surface area contributed by atoms with Gasteiger partial charge >= 0.3 is 5.97 Å². The van der Waals surface area contributed by atoms with Gasteiger partial charge in [-0.1, -0.05) is 13.8 Å². The van der Waals surface area contributed by atoms with Crippen molar-refractivity contribution in [3.8, 4) is 0 Å². The van der Waals surface area contributed by atoms with Crippen LogP contribution in [0.5, 0.6) is 0 Å². The van der Waals surface area contributed by atoms with Crippen LogP contribution in [0.3, 0.4) is 0 Å². The first-order valence-electron chi connectivity index (χ1n) is 7.97. The van der Waals surface area contributed by atoms with E-state index in [0.717, 1.165) is 25.7 Å². The summed E-state index contributed by atoms with van der Waals surface area (Å²) in [7, 11) is 0. The van der Waals surface area contributed by atoms with Gasteiger partial charge in [0.25, 0.3) is 0 Å². The van der Waals surface area contributed by atoms with Crippen molar-refractivity contribution < 1.29 is 14.3 Å². The molecule has 20 heavy (non-hydrogen) atoms. The highest BCUT2D eigenvalue weighted by molar-refractivity contribution is 5.69. The Kier molecular flexibility index (Phi) is 7.52. The molecular weight excluding hydrogens is 254 g/mol. The minimum Gasteiger partial charge on any atom is -0.462 e. The van der Waals surface area contributed by atoms with Crippen molar-refractivity contribution in [2.75, 3.05) is 6.54 Å². The monoisotopic (exact) mass is 285 g/mol. The van der Waals surface area contributed by atoms with Crippen LogP contribution in [0.4, 0.5) is 0 Å². The molecule has 1 aliphatic rings. The summed E-state index contributed by atoms with van der Waals surface area (Å²) in [5.41, 5.74) is 5.62. The van der Waals surface area contributed by atoms with Crippen LogP contribution < -0.4 is 5.73 Å². The Labute approximate surface area is 123 Å². The van der Waals surface area contributed by atoms with Crippen molar-refractivity contribution in [1.29, 1.82) is 0 Å². The third-order valence-corrected chi connectivity index (χ3v) is 4.15. The molecular formula is C16H31NO3. The maximum absolute atomic E-state index is 12.0. The molecule has 4 nitrogen and oxygen atoms in total. The van der Waals surface area contributed by atoms with E-state index in [0.29, 0.717) is 24.8 Å². The molecule has 1 fully saturated rings. The van der Waals surface area contributed by atoms with Crippen LogP contribution in [-0.4, -0.2) is 30.8 Å². The molecule has 4 heteroatoms. The van der Waals surface area contributed by atoms with Crippen molar-refractivity contribution in [2.45, 2.75) is 78.1 Å².